The molecule has 1 heterocycles. The van der Waals surface area contributed by atoms with Gasteiger partial charge in [0.2, 0.25) is 5.91 Å². The number of carbonyl (C=O) groups excluding carboxylic acids is 1. The molecule has 1 amide bonds. The number of carbonyl (C=O) groups is 1. The third kappa shape index (κ3) is 2.48. The van der Waals surface area contributed by atoms with Gasteiger partial charge in [-0.2, -0.15) is 13.2 Å². The van der Waals surface area contributed by atoms with E-state index in [-0.39, 0.29) is 24.4 Å². The van der Waals surface area contributed by atoms with Crippen LogP contribution in [0.15, 0.2) is 24.3 Å². The van der Waals surface area contributed by atoms with Crippen molar-refractivity contribution in [2.24, 2.45) is 5.73 Å². The maximum absolute atomic E-state index is 12.9. The van der Waals surface area contributed by atoms with Crippen LogP contribution >= 0.6 is 0 Å². The summed E-state index contributed by atoms with van der Waals surface area (Å²) in [5.74, 6) is -0.719. The SMILES string of the molecule is NC1CC(=O)NCC1c1ccccc1C(F)(F)F. The standard InChI is InChI=1S/C12H13F3N2O/c13-12(14,15)9-4-2-1-3-7(9)8-6-17-11(18)5-10(8)16/h1-4,8,10H,5-6,16H2,(H,17,18). The van der Waals surface area contributed by atoms with Crippen LogP contribution in [0.25, 0.3) is 0 Å². The van der Waals surface area contributed by atoms with Crippen molar-refractivity contribution in [2.75, 3.05) is 6.54 Å². The van der Waals surface area contributed by atoms with Crippen molar-refractivity contribution >= 4 is 5.91 Å². The molecule has 6 heteroatoms. The van der Waals surface area contributed by atoms with E-state index in [9.17, 15) is 18.0 Å². The Hall–Kier alpha value is -1.56. The Morgan fingerprint density at radius 3 is 2.56 bits per heavy atom. The lowest BCUT2D eigenvalue weighted by atomic mass is 9.84. The Morgan fingerprint density at radius 1 is 1.28 bits per heavy atom. The minimum absolute atomic E-state index is 0.0524. The van der Waals surface area contributed by atoms with Crippen LogP contribution < -0.4 is 11.1 Å². The third-order valence-corrected chi connectivity index (χ3v) is 3.12. The maximum Gasteiger partial charge on any atom is 0.416 e. The number of rotatable bonds is 1. The van der Waals surface area contributed by atoms with Gasteiger partial charge in [0.15, 0.2) is 0 Å². The highest BCUT2D eigenvalue weighted by molar-refractivity contribution is 5.78. The van der Waals surface area contributed by atoms with Crippen LogP contribution in [0.1, 0.15) is 23.5 Å². The first-order chi connectivity index (χ1) is 8.39. The van der Waals surface area contributed by atoms with E-state index in [4.69, 9.17) is 5.73 Å². The summed E-state index contributed by atoms with van der Waals surface area (Å²) in [5, 5.41) is 2.55. The van der Waals surface area contributed by atoms with Gasteiger partial charge in [-0.3, -0.25) is 4.79 Å². The summed E-state index contributed by atoms with van der Waals surface area (Å²) in [5.41, 5.74) is 5.26. The average molecular weight is 258 g/mol. The summed E-state index contributed by atoms with van der Waals surface area (Å²) < 4.78 is 38.6. The van der Waals surface area contributed by atoms with Gasteiger partial charge in [-0.25, -0.2) is 0 Å². The van der Waals surface area contributed by atoms with Crippen molar-refractivity contribution in [1.29, 1.82) is 0 Å². The van der Waals surface area contributed by atoms with Crippen LogP contribution in [0, 0.1) is 0 Å². The molecule has 1 aliphatic heterocycles. The second-order valence-corrected chi connectivity index (χ2v) is 4.36. The molecule has 0 bridgehead atoms. The van der Waals surface area contributed by atoms with Crippen molar-refractivity contribution in [3.8, 4) is 0 Å². The fourth-order valence-corrected chi connectivity index (χ4v) is 2.22. The topological polar surface area (TPSA) is 55.1 Å². The second-order valence-electron chi connectivity index (χ2n) is 4.36. The van der Waals surface area contributed by atoms with Gasteiger partial charge < -0.3 is 11.1 Å². The predicted octanol–water partition coefficient (Wildman–Crippen LogP) is 1.64. The first-order valence-electron chi connectivity index (χ1n) is 5.58. The van der Waals surface area contributed by atoms with E-state index in [1.165, 1.54) is 12.1 Å². The highest BCUT2D eigenvalue weighted by Gasteiger charge is 2.37. The van der Waals surface area contributed by atoms with E-state index in [1.54, 1.807) is 6.07 Å². The third-order valence-electron chi connectivity index (χ3n) is 3.12. The first-order valence-corrected chi connectivity index (χ1v) is 5.58. The van der Waals surface area contributed by atoms with Gasteiger partial charge in [0.05, 0.1) is 5.56 Å². The molecular weight excluding hydrogens is 245 g/mol. The summed E-state index contributed by atoms with van der Waals surface area (Å²) >= 11 is 0. The molecule has 3 nitrogen and oxygen atoms in total. The van der Waals surface area contributed by atoms with Crippen molar-refractivity contribution in [2.45, 2.75) is 24.6 Å². The zero-order valence-corrected chi connectivity index (χ0v) is 9.50. The van der Waals surface area contributed by atoms with Crippen LogP contribution in [-0.2, 0) is 11.0 Å². The summed E-state index contributed by atoms with van der Waals surface area (Å²) in [6.07, 6.45) is -4.35. The number of benzene rings is 1. The molecule has 1 saturated heterocycles. The average Bonchev–Trinajstić information content (AvgIpc) is 2.28. The lowest BCUT2D eigenvalue weighted by Crippen LogP contribution is -2.46. The number of alkyl halides is 3. The van der Waals surface area contributed by atoms with Crippen molar-refractivity contribution in [1.82, 2.24) is 5.32 Å². The van der Waals surface area contributed by atoms with Gasteiger partial charge >= 0.3 is 6.18 Å². The van der Waals surface area contributed by atoms with Crippen molar-refractivity contribution in [3.05, 3.63) is 35.4 Å². The number of amides is 1. The highest BCUT2D eigenvalue weighted by atomic mass is 19.4. The zero-order valence-electron chi connectivity index (χ0n) is 9.50. The van der Waals surface area contributed by atoms with Gasteiger partial charge in [-0.15, -0.1) is 0 Å². The summed E-state index contributed by atoms with van der Waals surface area (Å²) in [7, 11) is 0. The van der Waals surface area contributed by atoms with Crippen LogP contribution in [0.4, 0.5) is 13.2 Å². The number of nitrogens with two attached hydrogens (primary N) is 1. The fraction of sp³-hybridized carbons (Fsp3) is 0.417. The minimum Gasteiger partial charge on any atom is -0.355 e. The van der Waals surface area contributed by atoms with Crippen molar-refractivity contribution in [3.63, 3.8) is 0 Å². The van der Waals surface area contributed by atoms with Crippen molar-refractivity contribution < 1.29 is 18.0 Å². The monoisotopic (exact) mass is 258 g/mol. The quantitative estimate of drug-likeness (QED) is 0.804. The molecule has 0 aromatic heterocycles. The Morgan fingerprint density at radius 2 is 1.94 bits per heavy atom. The molecule has 2 unspecified atom stereocenters. The van der Waals surface area contributed by atoms with Gasteiger partial charge in [0.25, 0.3) is 0 Å². The Kier molecular flexibility index (Phi) is 3.30. The van der Waals surface area contributed by atoms with Gasteiger partial charge in [0, 0.05) is 24.9 Å². The number of halogens is 3. The highest BCUT2D eigenvalue weighted by Crippen LogP contribution is 2.36. The number of hydrogen-bond donors (Lipinski definition) is 2. The fourth-order valence-electron chi connectivity index (χ4n) is 2.22. The molecule has 0 spiro atoms. The minimum atomic E-state index is -4.40. The molecule has 0 aliphatic carbocycles. The largest absolute Gasteiger partial charge is 0.416 e. The summed E-state index contributed by atoms with van der Waals surface area (Å²) in [6, 6.07) is 4.78. The van der Waals surface area contributed by atoms with Crippen LogP contribution in [0.5, 0.6) is 0 Å². The molecule has 1 aliphatic rings. The van der Waals surface area contributed by atoms with E-state index in [0.29, 0.717) is 0 Å². The van der Waals surface area contributed by atoms with E-state index < -0.39 is 23.7 Å². The lowest BCUT2D eigenvalue weighted by molar-refractivity contribution is -0.138. The molecule has 18 heavy (non-hydrogen) atoms. The first kappa shape index (κ1) is 12.9. The van der Waals surface area contributed by atoms with E-state index in [1.807, 2.05) is 0 Å². The normalized spacial score (nSPS) is 24.8. The molecule has 0 saturated carbocycles. The number of piperidine rings is 1. The van der Waals surface area contributed by atoms with Crippen LogP contribution in [0.2, 0.25) is 0 Å². The smallest absolute Gasteiger partial charge is 0.355 e. The van der Waals surface area contributed by atoms with Crippen LogP contribution in [-0.4, -0.2) is 18.5 Å². The number of nitrogens with one attached hydrogen (secondary N) is 1. The second kappa shape index (κ2) is 4.61. The van der Waals surface area contributed by atoms with E-state index >= 15 is 0 Å². The van der Waals surface area contributed by atoms with Gasteiger partial charge in [-0.05, 0) is 11.6 Å². The van der Waals surface area contributed by atoms with Crippen LogP contribution in [0.3, 0.4) is 0 Å². The maximum atomic E-state index is 12.9. The van der Waals surface area contributed by atoms with Gasteiger partial charge in [-0.1, -0.05) is 18.2 Å². The molecule has 3 N–H and O–H groups in total. The Bertz CT molecular complexity index is 459. The molecule has 2 rings (SSSR count). The Labute approximate surface area is 102 Å². The van der Waals surface area contributed by atoms with E-state index in [2.05, 4.69) is 5.32 Å². The van der Waals surface area contributed by atoms with Gasteiger partial charge in [0.1, 0.15) is 0 Å². The molecular formula is C12H13F3N2O. The molecule has 1 aromatic rings. The molecule has 1 aromatic carbocycles. The summed E-state index contributed by atoms with van der Waals surface area (Å²) in [6.45, 7) is 0.146. The molecule has 2 atom stereocenters. The summed E-state index contributed by atoms with van der Waals surface area (Å²) in [4.78, 5) is 11.1. The zero-order chi connectivity index (χ0) is 13.3. The predicted molar refractivity (Wildman–Crippen MR) is 59.8 cm³/mol. The molecule has 0 radical (unpaired) electrons. The lowest BCUT2D eigenvalue weighted by Gasteiger charge is -2.30. The number of hydrogen-bond acceptors (Lipinski definition) is 2. The Balaban J connectivity index is 2.36. The van der Waals surface area contributed by atoms with E-state index in [0.717, 1.165) is 6.07 Å². The molecule has 1 fully saturated rings. The molecule has 98 valence electrons.